The number of amides is 1. The SMILES string of the molecule is O=C([C@H]1C[C@H]2CC[C@H]1C2)N1CCC(n2nnc3c2CCCC3)CC1. The molecular formula is C19H28N4O. The first-order chi connectivity index (χ1) is 11.8. The molecular weight excluding hydrogens is 300 g/mol. The van der Waals surface area contributed by atoms with Crippen LogP contribution in [0.1, 0.15) is 68.8 Å². The minimum Gasteiger partial charge on any atom is -0.342 e. The summed E-state index contributed by atoms with van der Waals surface area (Å²) in [5.74, 6) is 2.35. The van der Waals surface area contributed by atoms with E-state index in [0.717, 1.165) is 44.7 Å². The number of carbonyl (C=O) groups is 1. The quantitative estimate of drug-likeness (QED) is 0.839. The summed E-state index contributed by atoms with van der Waals surface area (Å²) in [6.45, 7) is 1.82. The third kappa shape index (κ3) is 2.39. The molecule has 0 unspecified atom stereocenters. The molecule has 1 aromatic rings. The maximum atomic E-state index is 12.9. The molecule has 5 heteroatoms. The van der Waals surface area contributed by atoms with Crippen molar-refractivity contribution in [1.82, 2.24) is 19.9 Å². The second-order valence-corrected chi connectivity index (χ2v) is 8.47. The average Bonchev–Trinajstić information content (AvgIpc) is 3.36. The molecule has 0 N–H and O–H groups in total. The highest BCUT2D eigenvalue weighted by Crippen LogP contribution is 2.49. The topological polar surface area (TPSA) is 51.0 Å². The third-order valence-corrected chi connectivity index (χ3v) is 7.13. The molecule has 1 amide bonds. The number of likely N-dealkylation sites (tertiary alicyclic amines) is 1. The number of rotatable bonds is 2. The first-order valence-corrected chi connectivity index (χ1v) is 10.0. The fourth-order valence-electron chi connectivity index (χ4n) is 5.79. The molecule has 3 fully saturated rings. The van der Waals surface area contributed by atoms with Gasteiger partial charge in [-0.2, -0.15) is 0 Å². The molecule has 2 saturated carbocycles. The maximum absolute atomic E-state index is 12.9. The lowest BCUT2D eigenvalue weighted by Gasteiger charge is -2.35. The van der Waals surface area contributed by atoms with Crippen LogP contribution in [0.15, 0.2) is 0 Å². The maximum Gasteiger partial charge on any atom is 0.225 e. The van der Waals surface area contributed by atoms with Crippen molar-refractivity contribution in [3.05, 3.63) is 11.4 Å². The molecule has 2 heterocycles. The van der Waals surface area contributed by atoms with Gasteiger partial charge in [-0.25, -0.2) is 4.68 Å². The lowest BCUT2D eigenvalue weighted by molar-refractivity contribution is -0.138. The summed E-state index contributed by atoms with van der Waals surface area (Å²) in [6, 6.07) is 0.448. The van der Waals surface area contributed by atoms with Gasteiger partial charge in [0.25, 0.3) is 0 Å². The lowest BCUT2D eigenvalue weighted by atomic mass is 9.87. The van der Waals surface area contributed by atoms with Crippen LogP contribution in [0, 0.1) is 17.8 Å². The molecule has 1 saturated heterocycles. The van der Waals surface area contributed by atoms with E-state index in [1.165, 1.54) is 49.9 Å². The van der Waals surface area contributed by atoms with Crippen LogP contribution in [0.4, 0.5) is 0 Å². The van der Waals surface area contributed by atoms with Crippen LogP contribution in [-0.4, -0.2) is 38.9 Å². The summed E-state index contributed by atoms with van der Waals surface area (Å²) in [6.07, 6.45) is 12.0. The fraction of sp³-hybridized carbons (Fsp3) is 0.842. The van der Waals surface area contributed by atoms with Gasteiger partial charge in [0, 0.05) is 19.0 Å². The predicted molar refractivity (Wildman–Crippen MR) is 90.5 cm³/mol. The van der Waals surface area contributed by atoms with Crippen LogP contribution >= 0.6 is 0 Å². The normalized spacial score (nSPS) is 33.0. The zero-order valence-electron chi connectivity index (χ0n) is 14.5. The van der Waals surface area contributed by atoms with Crippen molar-refractivity contribution >= 4 is 5.91 Å². The van der Waals surface area contributed by atoms with Gasteiger partial charge < -0.3 is 4.90 Å². The molecule has 3 aliphatic carbocycles. The van der Waals surface area contributed by atoms with Gasteiger partial charge in [-0.1, -0.05) is 11.6 Å². The smallest absolute Gasteiger partial charge is 0.225 e. The van der Waals surface area contributed by atoms with Crippen molar-refractivity contribution in [2.24, 2.45) is 17.8 Å². The van der Waals surface area contributed by atoms with Crippen LogP contribution in [0.5, 0.6) is 0 Å². The van der Waals surface area contributed by atoms with E-state index >= 15 is 0 Å². The molecule has 5 rings (SSSR count). The highest BCUT2D eigenvalue weighted by molar-refractivity contribution is 5.79. The van der Waals surface area contributed by atoms with E-state index in [1.807, 2.05) is 0 Å². The Morgan fingerprint density at radius 1 is 1.00 bits per heavy atom. The first kappa shape index (κ1) is 14.9. The molecule has 5 nitrogen and oxygen atoms in total. The largest absolute Gasteiger partial charge is 0.342 e. The van der Waals surface area contributed by atoms with Gasteiger partial charge in [0.1, 0.15) is 0 Å². The number of fused-ring (bicyclic) bond motifs is 3. The van der Waals surface area contributed by atoms with Gasteiger partial charge in [-0.05, 0) is 69.6 Å². The van der Waals surface area contributed by atoms with Crippen LogP contribution in [0.3, 0.4) is 0 Å². The molecule has 1 aromatic heterocycles. The van der Waals surface area contributed by atoms with E-state index in [0.29, 0.717) is 23.8 Å². The van der Waals surface area contributed by atoms with E-state index in [-0.39, 0.29) is 0 Å². The Morgan fingerprint density at radius 3 is 2.58 bits per heavy atom. The lowest BCUT2D eigenvalue weighted by Crippen LogP contribution is -2.43. The fourth-order valence-corrected chi connectivity index (χ4v) is 5.79. The summed E-state index contributed by atoms with van der Waals surface area (Å²) in [4.78, 5) is 15.1. The minimum absolute atomic E-state index is 0.347. The Balaban J connectivity index is 1.23. The summed E-state index contributed by atoms with van der Waals surface area (Å²) in [7, 11) is 0. The third-order valence-electron chi connectivity index (χ3n) is 7.13. The monoisotopic (exact) mass is 328 g/mol. The Labute approximate surface area is 143 Å². The summed E-state index contributed by atoms with van der Waals surface area (Å²) in [5.41, 5.74) is 2.60. The number of hydrogen-bond acceptors (Lipinski definition) is 3. The molecule has 1 aliphatic heterocycles. The van der Waals surface area contributed by atoms with Gasteiger partial charge in [0.15, 0.2) is 0 Å². The Bertz CT molecular complexity index is 631. The molecule has 4 aliphatic rings. The minimum atomic E-state index is 0.347. The molecule has 130 valence electrons. The van der Waals surface area contributed by atoms with Crippen molar-refractivity contribution in [2.75, 3.05) is 13.1 Å². The Kier molecular flexibility index (Phi) is 3.64. The van der Waals surface area contributed by atoms with Crippen molar-refractivity contribution < 1.29 is 4.79 Å². The number of aryl methyl sites for hydroxylation is 1. The zero-order valence-corrected chi connectivity index (χ0v) is 14.5. The number of piperidine rings is 1. The number of aromatic nitrogens is 3. The van der Waals surface area contributed by atoms with Gasteiger partial charge in [-0.15, -0.1) is 5.10 Å². The zero-order chi connectivity index (χ0) is 16.1. The standard InChI is InChI=1S/C19H28N4O/c24-19(16-12-13-5-6-14(16)11-13)22-9-7-15(8-10-22)23-18-4-2-1-3-17(18)20-21-23/h13-16H,1-12H2/t13-,14-,16-/m0/s1. The van der Waals surface area contributed by atoms with Gasteiger partial charge in [0.2, 0.25) is 5.91 Å². The van der Waals surface area contributed by atoms with Crippen LogP contribution in [-0.2, 0) is 17.6 Å². The van der Waals surface area contributed by atoms with Gasteiger partial charge in [-0.3, -0.25) is 4.79 Å². The summed E-state index contributed by atoms with van der Waals surface area (Å²) < 4.78 is 2.20. The molecule has 0 aromatic carbocycles. The van der Waals surface area contributed by atoms with Crippen molar-refractivity contribution in [3.63, 3.8) is 0 Å². The number of hydrogen-bond donors (Lipinski definition) is 0. The summed E-state index contributed by atoms with van der Waals surface area (Å²) in [5, 5.41) is 8.87. The van der Waals surface area contributed by atoms with Gasteiger partial charge in [0.05, 0.1) is 17.4 Å². The molecule has 24 heavy (non-hydrogen) atoms. The van der Waals surface area contributed by atoms with E-state index in [1.54, 1.807) is 0 Å². The second-order valence-electron chi connectivity index (χ2n) is 8.47. The highest BCUT2D eigenvalue weighted by atomic mass is 16.2. The Hall–Kier alpha value is -1.39. The summed E-state index contributed by atoms with van der Waals surface area (Å²) >= 11 is 0. The first-order valence-electron chi connectivity index (χ1n) is 10.0. The highest BCUT2D eigenvalue weighted by Gasteiger charge is 2.44. The molecule has 0 radical (unpaired) electrons. The predicted octanol–water partition coefficient (Wildman–Crippen LogP) is 2.76. The van der Waals surface area contributed by atoms with Crippen molar-refractivity contribution in [2.45, 2.75) is 70.3 Å². The second kappa shape index (κ2) is 5.85. The number of carbonyl (C=O) groups excluding carboxylic acids is 1. The van der Waals surface area contributed by atoms with E-state index in [4.69, 9.17) is 0 Å². The van der Waals surface area contributed by atoms with Crippen LogP contribution in [0.25, 0.3) is 0 Å². The molecule has 0 spiro atoms. The number of nitrogens with zero attached hydrogens (tertiary/aromatic N) is 4. The van der Waals surface area contributed by atoms with E-state index < -0.39 is 0 Å². The average molecular weight is 328 g/mol. The van der Waals surface area contributed by atoms with Crippen LogP contribution < -0.4 is 0 Å². The Morgan fingerprint density at radius 2 is 1.83 bits per heavy atom. The molecule has 2 bridgehead atoms. The van der Waals surface area contributed by atoms with Crippen molar-refractivity contribution in [3.8, 4) is 0 Å². The van der Waals surface area contributed by atoms with E-state index in [2.05, 4.69) is 19.9 Å². The van der Waals surface area contributed by atoms with Crippen molar-refractivity contribution in [1.29, 1.82) is 0 Å². The van der Waals surface area contributed by atoms with Crippen LogP contribution in [0.2, 0.25) is 0 Å². The van der Waals surface area contributed by atoms with E-state index in [9.17, 15) is 4.79 Å². The van der Waals surface area contributed by atoms with Gasteiger partial charge >= 0.3 is 0 Å². The molecule has 3 atom stereocenters.